The first-order valence-corrected chi connectivity index (χ1v) is 6.86. The summed E-state index contributed by atoms with van der Waals surface area (Å²) in [5, 5.41) is 3.26. The zero-order valence-corrected chi connectivity index (χ0v) is 12.5. The molecule has 1 N–H and O–H groups in total. The largest absolute Gasteiger partial charge is 0.382 e. The molecule has 0 bridgehead atoms. The molecule has 2 atom stereocenters. The Hall–Kier alpha value is -0.380. The molecule has 0 aliphatic carbocycles. The second-order valence-corrected chi connectivity index (χ2v) is 5.46. The summed E-state index contributed by atoms with van der Waals surface area (Å²) >= 11 is 3.52. The lowest BCUT2D eigenvalue weighted by Gasteiger charge is -2.20. The van der Waals surface area contributed by atoms with Gasteiger partial charge in [-0.3, -0.25) is 0 Å². The minimum Gasteiger partial charge on any atom is -0.382 e. The van der Waals surface area contributed by atoms with E-state index in [1.165, 1.54) is 5.56 Å². The number of benzene rings is 1. The van der Waals surface area contributed by atoms with Crippen LogP contribution in [0.1, 0.15) is 18.9 Å². The van der Waals surface area contributed by atoms with Crippen LogP contribution in [0, 0.1) is 5.92 Å². The van der Waals surface area contributed by atoms with E-state index in [-0.39, 0.29) is 0 Å². The van der Waals surface area contributed by atoms with Crippen LogP contribution in [0.2, 0.25) is 0 Å². The molecule has 0 aromatic heterocycles. The Morgan fingerprint density at radius 1 is 1.41 bits per heavy atom. The Labute approximate surface area is 113 Å². The molecule has 0 aliphatic rings. The molecule has 1 aromatic rings. The Bertz CT molecular complexity index is 330. The van der Waals surface area contributed by atoms with Crippen molar-refractivity contribution in [1.29, 1.82) is 0 Å². The first-order chi connectivity index (χ1) is 8.15. The maximum absolute atomic E-state index is 5.35. The first kappa shape index (κ1) is 14.7. The number of nitrogens with one attached hydrogen (secondary N) is 1. The predicted octanol–water partition coefficient (Wildman–Crippen LogP) is 3.25. The van der Waals surface area contributed by atoms with Gasteiger partial charge in [0.1, 0.15) is 0 Å². The van der Waals surface area contributed by atoms with E-state index in [2.05, 4.69) is 52.4 Å². The minimum atomic E-state index is 0.320. The van der Waals surface area contributed by atoms with Gasteiger partial charge in [0.2, 0.25) is 0 Å². The van der Waals surface area contributed by atoms with Gasteiger partial charge >= 0.3 is 0 Å². The van der Waals surface area contributed by atoms with Gasteiger partial charge in [0, 0.05) is 11.6 Å². The average Bonchev–Trinajstić information content (AvgIpc) is 2.29. The molecule has 2 nitrogen and oxygen atoms in total. The molecular weight excluding hydrogens is 278 g/mol. The number of halogens is 1. The van der Waals surface area contributed by atoms with Crippen molar-refractivity contribution in [2.45, 2.75) is 25.9 Å². The van der Waals surface area contributed by atoms with E-state index >= 15 is 0 Å². The Balaban J connectivity index is 2.59. The average molecular weight is 300 g/mol. The summed E-state index contributed by atoms with van der Waals surface area (Å²) in [6.07, 6.45) is 2.50. The molecule has 96 valence electrons. The fourth-order valence-electron chi connectivity index (χ4n) is 2.09. The zero-order valence-electron chi connectivity index (χ0n) is 10.9. The summed E-state index contributed by atoms with van der Waals surface area (Å²) in [6.45, 7) is 3.16. The van der Waals surface area contributed by atoms with Crippen molar-refractivity contribution in [3.8, 4) is 0 Å². The Morgan fingerprint density at radius 3 is 2.76 bits per heavy atom. The quantitative estimate of drug-likeness (QED) is 0.834. The lowest BCUT2D eigenvalue weighted by molar-refractivity contribution is 0.0949. The normalized spacial score (nSPS) is 14.6. The maximum atomic E-state index is 5.35. The lowest BCUT2D eigenvalue weighted by atomic mass is 9.94. The molecule has 0 fully saturated rings. The highest BCUT2D eigenvalue weighted by Crippen LogP contribution is 2.18. The van der Waals surface area contributed by atoms with Crippen LogP contribution in [-0.4, -0.2) is 26.8 Å². The van der Waals surface area contributed by atoms with E-state index in [9.17, 15) is 0 Å². The smallest absolute Gasteiger partial charge is 0.0546 e. The molecule has 0 aliphatic heterocycles. The van der Waals surface area contributed by atoms with Crippen molar-refractivity contribution in [3.05, 3.63) is 34.3 Å². The van der Waals surface area contributed by atoms with E-state index in [1.807, 2.05) is 7.05 Å². The third-order valence-corrected chi connectivity index (χ3v) is 3.47. The number of rotatable bonds is 7. The van der Waals surface area contributed by atoms with Gasteiger partial charge in [-0.2, -0.15) is 0 Å². The highest BCUT2D eigenvalue weighted by atomic mass is 79.9. The van der Waals surface area contributed by atoms with Gasteiger partial charge < -0.3 is 10.1 Å². The number of methoxy groups -OCH3 is 1. The van der Waals surface area contributed by atoms with Crippen LogP contribution < -0.4 is 5.32 Å². The van der Waals surface area contributed by atoms with Gasteiger partial charge in [-0.1, -0.05) is 28.1 Å². The molecule has 0 radical (unpaired) electrons. The molecule has 1 rings (SSSR count). The zero-order chi connectivity index (χ0) is 12.7. The van der Waals surface area contributed by atoms with Gasteiger partial charge in [0.05, 0.1) is 6.10 Å². The van der Waals surface area contributed by atoms with E-state index < -0.39 is 0 Å². The fraction of sp³-hybridized carbons (Fsp3) is 0.571. The fourth-order valence-corrected chi connectivity index (χ4v) is 2.54. The molecule has 17 heavy (non-hydrogen) atoms. The number of hydrogen-bond donors (Lipinski definition) is 1. The molecule has 0 amide bonds. The van der Waals surface area contributed by atoms with Crippen molar-refractivity contribution in [3.63, 3.8) is 0 Å². The summed E-state index contributed by atoms with van der Waals surface area (Å²) in [6, 6.07) is 8.54. The van der Waals surface area contributed by atoms with Crippen molar-refractivity contribution in [2.75, 3.05) is 20.7 Å². The van der Waals surface area contributed by atoms with Crippen molar-refractivity contribution < 1.29 is 4.74 Å². The van der Waals surface area contributed by atoms with Crippen LogP contribution in [-0.2, 0) is 11.2 Å². The van der Waals surface area contributed by atoms with E-state index in [0.29, 0.717) is 12.0 Å². The highest BCUT2D eigenvalue weighted by Gasteiger charge is 2.13. The Kier molecular flexibility index (Phi) is 6.78. The van der Waals surface area contributed by atoms with Gasteiger partial charge in [0.15, 0.2) is 0 Å². The third kappa shape index (κ3) is 5.66. The third-order valence-electron chi connectivity index (χ3n) is 2.97. The van der Waals surface area contributed by atoms with Gasteiger partial charge in [-0.15, -0.1) is 0 Å². The molecule has 3 heteroatoms. The summed E-state index contributed by atoms with van der Waals surface area (Å²) in [5.41, 5.74) is 1.38. The first-order valence-electron chi connectivity index (χ1n) is 6.07. The van der Waals surface area contributed by atoms with Crippen LogP contribution in [0.4, 0.5) is 0 Å². The van der Waals surface area contributed by atoms with E-state index in [0.717, 1.165) is 23.9 Å². The van der Waals surface area contributed by atoms with Crippen molar-refractivity contribution in [2.24, 2.45) is 5.92 Å². The van der Waals surface area contributed by atoms with Crippen LogP contribution in [0.3, 0.4) is 0 Å². The van der Waals surface area contributed by atoms with E-state index in [1.54, 1.807) is 7.11 Å². The van der Waals surface area contributed by atoms with Crippen molar-refractivity contribution in [1.82, 2.24) is 5.32 Å². The summed E-state index contributed by atoms with van der Waals surface area (Å²) in [7, 11) is 3.78. The van der Waals surface area contributed by atoms with E-state index in [4.69, 9.17) is 4.74 Å². The van der Waals surface area contributed by atoms with Crippen LogP contribution in [0.25, 0.3) is 0 Å². The summed E-state index contributed by atoms with van der Waals surface area (Å²) in [4.78, 5) is 0. The maximum Gasteiger partial charge on any atom is 0.0546 e. The van der Waals surface area contributed by atoms with Gasteiger partial charge in [-0.05, 0) is 57.0 Å². The molecule has 1 aromatic carbocycles. The molecule has 0 spiro atoms. The molecule has 2 unspecified atom stereocenters. The lowest BCUT2D eigenvalue weighted by Crippen LogP contribution is -2.24. The van der Waals surface area contributed by atoms with Gasteiger partial charge in [-0.25, -0.2) is 0 Å². The number of hydrogen-bond acceptors (Lipinski definition) is 2. The summed E-state index contributed by atoms with van der Waals surface area (Å²) < 4.78 is 6.50. The molecule has 0 saturated heterocycles. The molecular formula is C14H22BrNO. The Morgan fingerprint density at radius 2 is 2.18 bits per heavy atom. The van der Waals surface area contributed by atoms with Crippen LogP contribution in [0.5, 0.6) is 0 Å². The predicted molar refractivity (Wildman–Crippen MR) is 76.4 cm³/mol. The monoisotopic (exact) mass is 299 g/mol. The molecule has 0 heterocycles. The highest BCUT2D eigenvalue weighted by molar-refractivity contribution is 9.10. The second-order valence-electron chi connectivity index (χ2n) is 4.54. The SMILES string of the molecule is CNCC(Cc1cccc(Br)c1)CC(C)OC. The van der Waals surface area contributed by atoms with Gasteiger partial charge in [0.25, 0.3) is 0 Å². The topological polar surface area (TPSA) is 21.3 Å². The number of ether oxygens (including phenoxy) is 1. The second kappa shape index (κ2) is 7.85. The molecule has 0 saturated carbocycles. The summed E-state index contributed by atoms with van der Waals surface area (Å²) in [5.74, 6) is 0.615. The van der Waals surface area contributed by atoms with Crippen molar-refractivity contribution >= 4 is 15.9 Å². The standard InChI is InChI=1S/C14H22BrNO/c1-11(17-3)7-13(10-16-2)8-12-5-4-6-14(15)9-12/h4-6,9,11,13,16H,7-8,10H2,1-3H3. The minimum absolute atomic E-state index is 0.320. The van der Waals surface area contributed by atoms with Crippen LogP contribution >= 0.6 is 15.9 Å². The van der Waals surface area contributed by atoms with Crippen LogP contribution in [0.15, 0.2) is 28.7 Å².